The summed E-state index contributed by atoms with van der Waals surface area (Å²) in [5.74, 6) is -0.806. The van der Waals surface area contributed by atoms with E-state index in [-0.39, 0.29) is 18.1 Å². The summed E-state index contributed by atoms with van der Waals surface area (Å²) < 4.78 is 40.7. The molecular formula is C14H17F3N2O2. The average molecular weight is 302 g/mol. The van der Waals surface area contributed by atoms with E-state index in [2.05, 4.69) is 15.4 Å². The third kappa shape index (κ3) is 5.26. The van der Waals surface area contributed by atoms with Gasteiger partial charge in [-0.25, -0.2) is 0 Å². The second-order valence-corrected chi connectivity index (χ2v) is 4.95. The van der Waals surface area contributed by atoms with Crippen LogP contribution < -0.4 is 15.4 Å². The van der Waals surface area contributed by atoms with Crippen molar-refractivity contribution in [3.63, 3.8) is 0 Å². The number of carbonyl (C=O) groups excluding carboxylic acids is 1. The Labute approximate surface area is 120 Å². The highest BCUT2D eigenvalue weighted by atomic mass is 19.4. The van der Waals surface area contributed by atoms with Gasteiger partial charge in [0.25, 0.3) is 0 Å². The van der Waals surface area contributed by atoms with Crippen LogP contribution in [0.3, 0.4) is 0 Å². The lowest BCUT2D eigenvalue weighted by Gasteiger charge is -2.15. The molecule has 7 heteroatoms. The lowest BCUT2D eigenvalue weighted by atomic mass is 10.2. The van der Waals surface area contributed by atoms with Crippen molar-refractivity contribution in [3.05, 3.63) is 24.3 Å². The molecule has 0 bridgehead atoms. The van der Waals surface area contributed by atoms with Crippen LogP contribution in [-0.2, 0) is 4.79 Å². The summed E-state index contributed by atoms with van der Waals surface area (Å²) in [6.45, 7) is 0.0744. The van der Waals surface area contributed by atoms with Gasteiger partial charge in [0.2, 0.25) is 5.91 Å². The van der Waals surface area contributed by atoms with Crippen molar-refractivity contribution in [2.24, 2.45) is 0 Å². The molecule has 0 radical (unpaired) electrons. The zero-order valence-corrected chi connectivity index (χ0v) is 11.4. The van der Waals surface area contributed by atoms with Gasteiger partial charge >= 0.3 is 6.36 Å². The number of hydrogen-bond donors (Lipinski definition) is 2. The third-order valence-corrected chi connectivity index (χ3v) is 3.29. The van der Waals surface area contributed by atoms with Crippen LogP contribution in [0.2, 0.25) is 0 Å². The van der Waals surface area contributed by atoms with Crippen molar-refractivity contribution in [2.45, 2.75) is 38.1 Å². The van der Waals surface area contributed by atoms with Crippen LogP contribution in [-0.4, -0.2) is 24.9 Å². The summed E-state index contributed by atoms with van der Waals surface area (Å²) >= 11 is 0. The Hall–Kier alpha value is -1.76. The van der Waals surface area contributed by atoms with E-state index in [0.717, 1.165) is 31.7 Å². The van der Waals surface area contributed by atoms with Gasteiger partial charge < -0.3 is 15.4 Å². The summed E-state index contributed by atoms with van der Waals surface area (Å²) in [5, 5.41) is 5.52. The quantitative estimate of drug-likeness (QED) is 0.879. The number of alkyl halides is 3. The Morgan fingerprint density at radius 2 is 1.90 bits per heavy atom. The molecule has 0 unspecified atom stereocenters. The number of carbonyl (C=O) groups is 1. The number of ether oxygens (including phenoxy) is 1. The van der Waals surface area contributed by atoms with Crippen molar-refractivity contribution in [3.8, 4) is 5.75 Å². The van der Waals surface area contributed by atoms with E-state index in [0.29, 0.717) is 6.04 Å². The maximum absolute atomic E-state index is 12.3. The van der Waals surface area contributed by atoms with Crippen LogP contribution in [0.25, 0.3) is 0 Å². The van der Waals surface area contributed by atoms with Gasteiger partial charge in [-0.2, -0.15) is 0 Å². The smallest absolute Gasteiger partial charge is 0.404 e. The number of anilines is 1. The van der Waals surface area contributed by atoms with Crippen molar-refractivity contribution in [2.75, 3.05) is 11.9 Å². The van der Waals surface area contributed by atoms with E-state index in [9.17, 15) is 18.0 Å². The topological polar surface area (TPSA) is 50.4 Å². The van der Waals surface area contributed by atoms with Gasteiger partial charge in [0.15, 0.2) is 5.75 Å². The molecule has 0 aliphatic heterocycles. The first-order valence-corrected chi connectivity index (χ1v) is 6.82. The van der Waals surface area contributed by atoms with Gasteiger partial charge in [-0.15, -0.1) is 13.2 Å². The Morgan fingerprint density at radius 3 is 2.57 bits per heavy atom. The SMILES string of the molecule is O=C(CNC1CCCC1)Nc1ccccc1OC(F)(F)F. The van der Waals surface area contributed by atoms with Gasteiger partial charge in [-0.3, -0.25) is 4.79 Å². The second kappa shape index (κ2) is 6.80. The van der Waals surface area contributed by atoms with Crippen molar-refractivity contribution in [1.82, 2.24) is 5.32 Å². The van der Waals surface area contributed by atoms with E-state index in [1.54, 1.807) is 0 Å². The summed E-state index contributed by atoms with van der Waals surface area (Å²) in [7, 11) is 0. The largest absolute Gasteiger partial charge is 0.573 e. The molecule has 0 heterocycles. The molecular weight excluding hydrogens is 285 g/mol. The lowest BCUT2D eigenvalue weighted by molar-refractivity contribution is -0.274. The zero-order valence-electron chi connectivity index (χ0n) is 11.4. The van der Waals surface area contributed by atoms with E-state index in [1.807, 2.05) is 0 Å². The first-order valence-electron chi connectivity index (χ1n) is 6.82. The molecule has 0 saturated heterocycles. The number of benzene rings is 1. The number of hydrogen-bond acceptors (Lipinski definition) is 3. The van der Waals surface area contributed by atoms with E-state index in [4.69, 9.17) is 0 Å². The fraction of sp³-hybridized carbons (Fsp3) is 0.500. The van der Waals surface area contributed by atoms with Crippen LogP contribution in [0.15, 0.2) is 24.3 Å². The van der Waals surface area contributed by atoms with Crippen molar-refractivity contribution >= 4 is 11.6 Å². The molecule has 0 spiro atoms. The molecule has 21 heavy (non-hydrogen) atoms. The molecule has 116 valence electrons. The molecule has 0 atom stereocenters. The molecule has 1 amide bonds. The molecule has 0 aromatic heterocycles. The lowest BCUT2D eigenvalue weighted by Crippen LogP contribution is -2.34. The number of rotatable bonds is 5. The average Bonchev–Trinajstić information content (AvgIpc) is 2.90. The fourth-order valence-electron chi connectivity index (χ4n) is 2.34. The van der Waals surface area contributed by atoms with Gasteiger partial charge in [0.1, 0.15) is 0 Å². The minimum Gasteiger partial charge on any atom is -0.404 e. The summed E-state index contributed by atoms with van der Waals surface area (Å²) in [6, 6.07) is 5.79. The van der Waals surface area contributed by atoms with E-state index >= 15 is 0 Å². The first-order chi connectivity index (χ1) is 9.94. The number of halogens is 3. The summed E-state index contributed by atoms with van der Waals surface area (Å²) in [4.78, 5) is 11.8. The Balaban J connectivity index is 1.90. The Bertz CT molecular complexity index is 485. The van der Waals surface area contributed by atoms with Crippen LogP contribution in [0.4, 0.5) is 18.9 Å². The highest BCUT2D eigenvalue weighted by molar-refractivity contribution is 5.93. The van der Waals surface area contributed by atoms with Gasteiger partial charge in [0.05, 0.1) is 12.2 Å². The Kier molecular flexibility index (Phi) is 5.06. The Morgan fingerprint density at radius 1 is 1.24 bits per heavy atom. The monoisotopic (exact) mass is 302 g/mol. The number of para-hydroxylation sites is 2. The van der Waals surface area contributed by atoms with Gasteiger partial charge in [0, 0.05) is 6.04 Å². The normalized spacial score (nSPS) is 16.0. The maximum Gasteiger partial charge on any atom is 0.573 e. The zero-order chi connectivity index (χ0) is 15.3. The third-order valence-electron chi connectivity index (χ3n) is 3.29. The van der Waals surface area contributed by atoms with Crippen molar-refractivity contribution in [1.29, 1.82) is 0 Å². The molecule has 1 aromatic rings. The predicted octanol–water partition coefficient (Wildman–Crippen LogP) is 3.06. The van der Waals surface area contributed by atoms with E-state index < -0.39 is 12.1 Å². The highest BCUT2D eigenvalue weighted by Gasteiger charge is 2.32. The highest BCUT2D eigenvalue weighted by Crippen LogP contribution is 2.29. The minimum atomic E-state index is -4.79. The molecule has 2 rings (SSSR count). The predicted molar refractivity (Wildman–Crippen MR) is 72.0 cm³/mol. The second-order valence-electron chi connectivity index (χ2n) is 4.95. The number of amides is 1. The first kappa shape index (κ1) is 15.6. The standard InChI is InChI=1S/C14H17F3N2O2/c15-14(16,17)21-12-8-4-3-7-11(12)19-13(20)9-18-10-5-1-2-6-10/h3-4,7-8,10,18H,1-2,5-6,9H2,(H,19,20). The molecule has 1 saturated carbocycles. The fourth-order valence-corrected chi connectivity index (χ4v) is 2.34. The number of nitrogens with one attached hydrogen (secondary N) is 2. The molecule has 1 aliphatic rings. The van der Waals surface area contributed by atoms with E-state index in [1.165, 1.54) is 18.2 Å². The maximum atomic E-state index is 12.3. The van der Waals surface area contributed by atoms with Crippen LogP contribution in [0, 0.1) is 0 Å². The summed E-state index contributed by atoms with van der Waals surface area (Å²) in [6.07, 6.45) is -0.450. The van der Waals surface area contributed by atoms with Crippen molar-refractivity contribution < 1.29 is 22.7 Å². The molecule has 1 aliphatic carbocycles. The van der Waals surface area contributed by atoms with Crippen LogP contribution in [0.5, 0.6) is 5.75 Å². The van der Waals surface area contributed by atoms with Crippen LogP contribution in [0.1, 0.15) is 25.7 Å². The van der Waals surface area contributed by atoms with Gasteiger partial charge in [-0.05, 0) is 25.0 Å². The van der Waals surface area contributed by atoms with Crippen LogP contribution >= 0.6 is 0 Å². The van der Waals surface area contributed by atoms with Gasteiger partial charge in [-0.1, -0.05) is 25.0 Å². The molecule has 1 fully saturated rings. The molecule has 4 nitrogen and oxygen atoms in total. The summed E-state index contributed by atoms with van der Waals surface area (Å²) in [5.41, 5.74) is 0.00745. The minimum absolute atomic E-state index is 0.00745. The molecule has 1 aromatic carbocycles. The molecule has 2 N–H and O–H groups in total.